The number of thiazole rings is 1. The van der Waals surface area contributed by atoms with Crippen LogP contribution in [0.3, 0.4) is 0 Å². The molecule has 0 aliphatic rings. The standard InChI is InChI=1S/C15H29N5O2S2/c1-6-16-15(19(4)11-14-12-23-13(3)18-14)17-9-8-10-20(7-2)24(5,21)22/h12H,6-11H2,1-5H3,(H,16,17). The first kappa shape index (κ1) is 20.9. The van der Waals surface area contributed by atoms with E-state index in [4.69, 9.17) is 0 Å². The van der Waals surface area contributed by atoms with Gasteiger partial charge in [0.05, 0.1) is 23.5 Å². The number of nitrogens with one attached hydrogen (secondary N) is 1. The summed E-state index contributed by atoms with van der Waals surface area (Å²) in [6.07, 6.45) is 1.94. The lowest BCUT2D eigenvalue weighted by atomic mass is 10.4. The van der Waals surface area contributed by atoms with E-state index >= 15 is 0 Å². The molecule has 0 atom stereocenters. The summed E-state index contributed by atoms with van der Waals surface area (Å²) in [6, 6.07) is 0. The first-order valence-corrected chi connectivity index (χ1v) is 10.9. The maximum atomic E-state index is 11.6. The summed E-state index contributed by atoms with van der Waals surface area (Å²) in [5.41, 5.74) is 1.03. The predicted molar refractivity (Wildman–Crippen MR) is 101 cm³/mol. The Balaban J connectivity index is 2.58. The number of guanidine groups is 1. The number of rotatable bonds is 9. The smallest absolute Gasteiger partial charge is 0.211 e. The Bertz CT molecular complexity index is 628. The Hall–Kier alpha value is -1.19. The second-order valence-electron chi connectivity index (χ2n) is 5.56. The lowest BCUT2D eigenvalue weighted by Crippen LogP contribution is -2.38. The van der Waals surface area contributed by atoms with Crippen molar-refractivity contribution in [2.75, 3.05) is 39.5 Å². The molecule has 9 heteroatoms. The molecule has 1 N–H and O–H groups in total. The van der Waals surface area contributed by atoms with E-state index in [1.54, 1.807) is 11.3 Å². The largest absolute Gasteiger partial charge is 0.357 e. The third kappa shape index (κ3) is 7.14. The fourth-order valence-electron chi connectivity index (χ4n) is 2.26. The molecular weight excluding hydrogens is 346 g/mol. The van der Waals surface area contributed by atoms with Gasteiger partial charge in [-0.3, -0.25) is 4.99 Å². The normalized spacial score (nSPS) is 12.7. The first-order valence-electron chi connectivity index (χ1n) is 8.13. The zero-order chi connectivity index (χ0) is 18.2. The van der Waals surface area contributed by atoms with E-state index in [1.165, 1.54) is 10.6 Å². The van der Waals surface area contributed by atoms with Gasteiger partial charge in [-0.2, -0.15) is 0 Å². The fraction of sp³-hybridized carbons (Fsp3) is 0.733. The molecule has 24 heavy (non-hydrogen) atoms. The second-order valence-corrected chi connectivity index (χ2v) is 8.60. The Morgan fingerprint density at radius 1 is 1.42 bits per heavy atom. The van der Waals surface area contributed by atoms with Crippen molar-refractivity contribution in [2.24, 2.45) is 4.99 Å². The highest BCUT2D eigenvalue weighted by molar-refractivity contribution is 7.88. The molecule has 0 spiro atoms. The molecule has 7 nitrogen and oxygen atoms in total. The van der Waals surface area contributed by atoms with Crippen molar-refractivity contribution in [2.45, 2.75) is 33.7 Å². The van der Waals surface area contributed by atoms with Gasteiger partial charge in [0.25, 0.3) is 0 Å². The zero-order valence-electron chi connectivity index (χ0n) is 15.2. The average molecular weight is 376 g/mol. The quantitative estimate of drug-likeness (QED) is 0.402. The van der Waals surface area contributed by atoms with Gasteiger partial charge in [0.15, 0.2) is 5.96 Å². The van der Waals surface area contributed by atoms with Gasteiger partial charge in [0, 0.05) is 38.6 Å². The van der Waals surface area contributed by atoms with Crippen LogP contribution in [0.15, 0.2) is 10.4 Å². The average Bonchev–Trinajstić information content (AvgIpc) is 2.89. The topological polar surface area (TPSA) is 77.9 Å². The number of sulfonamides is 1. The third-order valence-corrected chi connectivity index (χ3v) is 5.61. The van der Waals surface area contributed by atoms with Gasteiger partial charge in [0.2, 0.25) is 10.0 Å². The van der Waals surface area contributed by atoms with Crippen molar-refractivity contribution in [3.63, 3.8) is 0 Å². The van der Waals surface area contributed by atoms with Gasteiger partial charge in [-0.25, -0.2) is 17.7 Å². The predicted octanol–water partition coefficient (Wildman–Crippen LogP) is 1.52. The van der Waals surface area contributed by atoms with Crippen LogP contribution in [0, 0.1) is 6.92 Å². The van der Waals surface area contributed by atoms with Crippen LogP contribution in [-0.4, -0.2) is 68.0 Å². The number of aromatic nitrogens is 1. The Kier molecular flexibility index (Phi) is 8.65. The van der Waals surface area contributed by atoms with Crippen molar-refractivity contribution in [1.82, 2.24) is 19.5 Å². The van der Waals surface area contributed by atoms with Crippen molar-refractivity contribution < 1.29 is 8.42 Å². The van der Waals surface area contributed by atoms with Crippen molar-refractivity contribution in [3.8, 4) is 0 Å². The van der Waals surface area contributed by atoms with Crippen LogP contribution in [0.4, 0.5) is 0 Å². The Morgan fingerprint density at radius 3 is 2.62 bits per heavy atom. The molecule has 1 rings (SSSR count). The van der Waals surface area contributed by atoms with Crippen molar-refractivity contribution in [1.29, 1.82) is 0 Å². The fourth-order valence-corrected chi connectivity index (χ4v) is 3.79. The Morgan fingerprint density at radius 2 is 2.12 bits per heavy atom. The minimum Gasteiger partial charge on any atom is -0.357 e. The highest BCUT2D eigenvalue weighted by Crippen LogP contribution is 2.09. The van der Waals surface area contributed by atoms with Crippen LogP contribution < -0.4 is 5.32 Å². The molecule has 0 unspecified atom stereocenters. The molecule has 1 aromatic rings. The van der Waals surface area contributed by atoms with Crippen LogP contribution in [0.5, 0.6) is 0 Å². The van der Waals surface area contributed by atoms with Gasteiger partial charge in [-0.05, 0) is 20.3 Å². The molecule has 0 bridgehead atoms. The van der Waals surface area contributed by atoms with Crippen LogP contribution >= 0.6 is 11.3 Å². The zero-order valence-corrected chi connectivity index (χ0v) is 16.9. The number of aryl methyl sites for hydroxylation is 1. The van der Waals surface area contributed by atoms with E-state index < -0.39 is 10.0 Å². The van der Waals surface area contributed by atoms with E-state index in [2.05, 4.69) is 20.7 Å². The molecule has 0 amide bonds. The molecule has 0 aromatic carbocycles. The van der Waals surface area contributed by atoms with E-state index in [9.17, 15) is 8.42 Å². The van der Waals surface area contributed by atoms with Crippen LogP contribution in [0.25, 0.3) is 0 Å². The molecule has 138 valence electrons. The van der Waals surface area contributed by atoms with Gasteiger partial charge < -0.3 is 10.2 Å². The van der Waals surface area contributed by atoms with Gasteiger partial charge in [-0.1, -0.05) is 6.92 Å². The van der Waals surface area contributed by atoms with E-state index in [-0.39, 0.29) is 0 Å². The lowest BCUT2D eigenvalue weighted by Gasteiger charge is -2.21. The molecule has 0 radical (unpaired) electrons. The molecule has 0 saturated carbocycles. The number of hydrogen-bond donors (Lipinski definition) is 1. The highest BCUT2D eigenvalue weighted by atomic mass is 32.2. The second kappa shape index (κ2) is 9.95. The molecular formula is C15H29N5O2S2. The number of hydrogen-bond acceptors (Lipinski definition) is 5. The minimum absolute atomic E-state index is 0.492. The minimum atomic E-state index is -3.13. The molecule has 0 aliphatic heterocycles. The number of aliphatic imine (C=N–C) groups is 1. The molecule has 0 saturated heterocycles. The maximum Gasteiger partial charge on any atom is 0.211 e. The molecule has 0 fully saturated rings. The lowest BCUT2D eigenvalue weighted by molar-refractivity contribution is 0.425. The van der Waals surface area contributed by atoms with Crippen LogP contribution in [-0.2, 0) is 16.6 Å². The van der Waals surface area contributed by atoms with Gasteiger partial charge in [-0.15, -0.1) is 11.3 Å². The van der Waals surface area contributed by atoms with E-state index in [1.807, 2.05) is 32.7 Å². The number of nitrogens with zero attached hydrogens (tertiary/aromatic N) is 4. The molecule has 0 aliphatic carbocycles. The monoisotopic (exact) mass is 375 g/mol. The highest BCUT2D eigenvalue weighted by Gasteiger charge is 2.13. The van der Waals surface area contributed by atoms with Crippen molar-refractivity contribution >= 4 is 27.3 Å². The van der Waals surface area contributed by atoms with Crippen LogP contribution in [0.2, 0.25) is 0 Å². The summed E-state index contributed by atoms with van der Waals surface area (Å²) in [6.45, 7) is 8.91. The summed E-state index contributed by atoms with van der Waals surface area (Å²) in [7, 11) is -1.15. The van der Waals surface area contributed by atoms with Crippen LogP contribution in [0.1, 0.15) is 31.0 Å². The summed E-state index contributed by atoms with van der Waals surface area (Å²) >= 11 is 1.64. The summed E-state index contributed by atoms with van der Waals surface area (Å²) in [5.74, 6) is 0.811. The third-order valence-electron chi connectivity index (χ3n) is 3.41. The first-order chi connectivity index (χ1) is 11.3. The summed E-state index contributed by atoms with van der Waals surface area (Å²) in [5, 5.41) is 6.37. The van der Waals surface area contributed by atoms with Crippen molar-refractivity contribution in [3.05, 3.63) is 16.1 Å². The Labute approximate surface area is 149 Å². The molecule has 1 aromatic heterocycles. The maximum absolute atomic E-state index is 11.6. The summed E-state index contributed by atoms with van der Waals surface area (Å²) < 4.78 is 24.6. The summed E-state index contributed by atoms with van der Waals surface area (Å²) in [4.78, 5) is 11.1. The van der Waals surface area contributed by atoms with Gasteiger partial charge >= 0.3 is 0 Å². The van der Waals surface area contributed by atoms with E-state index in [0.29, 0.717) is 32.6 Å². The van der Waals surface area contributed by atoms with Gasteiger partial charge in [0.1, 0.15) is 0 Å². The SMILES string of the molecule is CCNC(=NCCCN(CC)S(C)(=O)=O)N(C)Cc1csc(C)n1. The van der Waals surface area contributed by atoms with E-state index in [0.717, 1.165) is 23.2 Å². The molecule has 1 heterocycles.